The maximum Gasteiger partial charge on any atom is 0.0472 e. The molecule has 1 unspecified atom stereocenters. The molecule has 0 aromatic carbocycles. The van der Waals surface area contributed by atoms with Crippen LogP contribution in [-0.4, -0.2) is 43.0 Å². The van der Waals surface area contributed by atoms with Gasteiger partial charge in [0.25, 0.3) is 0 Å². The fourth-order valence-corrected chi connectivity index (χ4v) is 3.09. The molecule has 108 valence electrons. The van der Waals surface area contributed by atoms with Crippen LogP contribution in [0.4, 0.5) is 0 Å². The molecule has 1 aliphatic heterocycles. The molecule has 1 rings (SSSR count). The van der Waals surface area contributed by atoms with Crippen molar-refractivity contribution in [3.05, 3.63) is 0 Å². The Morgan fingerprint density at radius 1 is 1.28 bits per heavy atom. The molecule has 0 saturated carbocycles. The zero-order valence-electron chi connectivity index (χ0n) is 12.5. The van der Waals surface area contributed by atoms with E-state index in [-0.39, 0.29) is 0 Å². The second-order valence-electron chi connectivity index (χ2n) is 5.85. The van der Waals surface area contributed by atoms with E-state index in [0.29, 0.717) is 11.5 Å². The normalized spacial score (nSPS) is 21.2. The molecule has 0 radical (unpaired) electrons. The van der Waals surface area contributed by atoms with Crippen LogP contribution in [0.1, 0.15) is 52.9 Å². The van der Waals surface area contributed by atoms with Crippen LogP contribution >= 0.6 is 12.6 Å². The predicted octanol–water partition coefficient (Wildman–Crippen LogP) is 3.61. The summed E-state index contributed by atoms with van der Waals surface area (Å²) in [5.41, 5.74) is 0.387. The second-order valence-corrected chi connectivity index (χ2v) is 6.17. The highest BCUT2D eigenvalue weighted by molar-refractivity contribution is 7.80. The number of ether oxygens (including phenoxy) is 1. The quantitative estimate of drug-likeness (QED) is 0.678. The van der Waals surface area contributed by atoms with Crippen LogP contribution in [0.15, 0.2) is 0 Å². The lowest BCUT2D eigenvalue weighted by Crippen LogP contribution is -2.46. The molecule has 0 spiro atoms. The Labute approximate surface area is 119 Å². The van der Waals surface area contributed by atoms with Gasteiger partial charge in [0, 0.05) is 25.8 Å². The Balaban J connectivity index is 2.60. The van der Waals surface area contributed by atoms with Crippen LogP contribution in [-0.2, 0) is 4.74 Å². The lowest BCUT2D eigenvalue weighted by atomic mass is 9.81. The summed E-state index contributed by atoms with van der Waals surface area (Å²) in [6.07, 6.45) is 6.18. The van der Waals surface area contributed by atoms with E-state index >= 15 is 0 Å². The summed E-state index contributed by atoms with van der Waals surface area (Å²) in [4.78, 5) is 2.69. The van der Waals surface area contributed by atoms with Crippen LogP contribution < -0.4 is 0 Å². The van der Waals surface area contributed by atoms with Crippen molar-refractivity contribution in [2.45, 2.75) is 58.9 Å². The fourth-order valence-electron chi connectivity index (χ4n) is 2.68. The van der Waals surface area contributed by atoms with Crippen molar-refractivity contribution < 1.29 is 4.74 Å². The van der Waals surface area contributed by atoms with Gasteiger partial charge in [-0.25, -0.2) is 0 Å². The summed E-state index contributed by atoms with van der Waals surface area (Å²) in [6.45, 7) is 11.2. The molecule has 0 aromatic rings. The highest BCUT2D eigenvalue weighted by Gasteiger charge is 2.33. The summed E-state index contributed by atoms with van der Waals surface area (Å²) in [6, 6.07) is 0.691. The first kappa shape index (κ1) is 16.3. The second kappa shape index (κ2) is 8.44. The Kier molecular flexibility index (Phi) is 7.66. The molecule has 1 aliphatic rings. The number of hydrogen-bond acceptors (Lipinski definition) is 3. The number of nitrogens with zero attached hydrogens (tertiary/aromatic N) is 1. The standard InChI is InChI=1S/C15H31NOS/c1-4-6-9-16(14(3)5-2)12-15(13-18)7-10-17-11-8-15/h14,18H,4-13H2,1-3H3. The van der Waals surface area contributed by atoms with Gasteiger partial charge in [-0.15, -0.1) is 0 Å². The summed E-state index contributed by atoms with van der Waals surface area (Å²) < 4.78 is 5.52. The Morgan fingerprint density at radius 3 is 2.44 bits per heavy atom. The van der Waals surface area contributed by atoms with Gasteiger partial charge in [-0.05, 0) is 50.3 Å². The number of unbranched alkanes of at least 4 members (excludes halogenated alkanes) is 1. The molecule has 1 fully saturated rings. The molecule has 2 nitrogen and oxygen atoms in total. The molecule has 1 atom stereocenters. The molecule has 3 heteroatoms. The van der Waals surface area contributed by atoms with Crippen LogP contribution in [0.3, 0.4) is 0 Å². The molecule has 18 heavy (non-hydrogen) atoms. The molecule has 0 N–H and O–H groups in total. The Morgan fingerprint density at radius 2 is 1.94 bits per heavy atom. The molecule has 1 saturated heterocycles. The number of hydrogen-bond donors (Lipinski definition) is 1. The number of thiol groups is 1. The van der Waals surface area contributed by atoms with Crippen molar-refractivity contribution in [2.75, 3.05) is 32.1 Å². The minimum Gasteiger partial charge on any atom is -0.381 e. The first-order chi connectivity index (χ1) is 8.67. The lowest BCUT2D eigenvalue weighted by Gasteiger charge is -2.42. The topological polar surface area (TPSA) is 12.5 Å². The third-order valence-electron chi connectivity index (χ3n) is 4.44. The van der Waals surface area contributed by atoms with Gasteiger partial charge in [-0.1, -0.05) is 20.3 Å². The third kappa shape index (κ3) is 4.75. The molecular formula is C15H31NOS. The van der Waals surface area contributed by atoms with Gasteiger partial charge in [0.1, 0.15) is 0 Å². The van der Waals surface area contributed by atoms with Gasteiger partial charge in [0.05, 0.1) is 0 Å². The van der Waals surface area contributed by atoms with E-state index in [0.717, 1.165) is 19.0 Å². The molecule has 0 aliphatic carbocycles. The summed E-state index contributed by atoms with van der Waals surface area (Å²) >= 11 is 4.63. The smallest absolute Gasteiger partial charge is 0.0472 e. The summed E-state index contributed by atoms with van der Waals surface area (Å²) in [5, 5.41) is 0. The van der Waals surface area contributed by atoms with E-state index in [1.807, 2.05) is 0 Å². The van der Waals surface area contributed by atoms with E-state index in [9.17, 15) is 0 Å². The zero-order chi connectivity index (χ0) is 13.4. The van der Waals surface area contributed by atoms with Gasteiger partial charge in [0.2, 0.25) is 0 Å². The zero-order valence-corrected chi connectivity index (χ0v) is 13.3. The molecule has 0 bridgehead atoms. The van der Waals surface area contributed by atoms with E-state index < -0.39 is 0 Å². The first-order valence-electron chi connectivity index (χ1n) is 7.60. The first-order valence-corrected chi connectivity index (χ1v) is 8.23. The molecule has 1 heterocycles. The Bertz CT molecular complexity index is 217. The molecule has 0 amide bonds. The van der Waals surface area contributed by atoms with E-state index in [2.05, 4.69) is 38.3 Å². The molecule has 0 aromatic heterocycles. The van der Waals surface area contributed by atoms with Crippen LogP contribution in [0.2, 0.25) is 0 Å². The van der Waals surface area contributed by atoms with E-state index in [1.165, 1.54) is 45.2 Å². The monoisotopic (exact) mass is 273 g/mol. The maximum absolute atomic E-state index is 5.52. The average Bonchev–Trinajstić information content (AvgIpc) is 2.43. The fraction of sp³-hybridized carbons (Fsp3) is 1.00. The van der Waals surface area contributed by atoms with Crippen LogP contribution in [0, 0.1) is 5.41 Å². The van der Waals surface area contributed by atoms with E-state index in [1.54, 1.807) is 0 Å². The average molecular weight is 273 g/mol. The van der Waals surface area contributed by atoms with Gasteiger partial charge >= 0.3 is 0 Å². The predicted molar refractivity (Wildman–Crippen MR) is 82.6 cm³/mol. The Hall–Kier alpha value is 0.270. The van der Waals surface area contributed by atoms with Gasteiger partial charge in [-0.2, -0.15) is 12.6 Å². The molecular weight excluding hydrogens is 242 g/mol. The highest BCUT2D eigenvalue weighted by Crippen LogP contribution is 2.33. The van der Waals surface area contributed by atoms with Gasteiger partial charge in [0.15, 0.2) is 0 Å². The SMILES string of the molecule is CCCCN(CC1(CS)CCOCC1)C(C)CC. The minimum atomic E-state index is 0.387. The highest BCUT2D eigenvalue weighted by atomic mass is 32.1. The lowest BCUT2D eigenvalue weighted by molar-refractivity contribution is 0.000693. The van der Waals surface area contributed by atoms with Gasteiger partial charge < -0.3 is 9.64 Å². The van der Waals surface area contributed by atoms with Crippen molar-refractivity contribution in [1.82, 2.24) is 4.90 Å². The van der Waals surface area contributed by atoms with Gasteiger partial charge in [-0.3, -0.25) is 0 Å². The van der Waals surface area contributed by atoms with E-state index in [4.69, 9.17) is 4.74 Å². The van der Waals surface area contributed by atoms with Crippen LogP contribution in [0.25, 0.3) is 0 Å². The van der Waals surface area contributed by atoms with Crippen molar-refractivity contribution in [3.63, 3.8) is 0 Å². The van der Waals surface area contributed by atoms with Crippen molar-refractivity contribution >= 4 is 12.6 Å². The maximum atomic E-state index is 5.52. The third-order valence-corrected chi connectivity index (χ3v) is 5.11. The summed E-state index contributed by atoms with van der Waals surface area (Å²) in [5.74, 6) is 0.995. The minimum absolute atomic E-state index is 0.387. The number of rotatable bonds is 8. The van der Waals surface area contributed by atoms with Crippen LogP contribution in [0.5, 0.6) is 0 Å². The van der Waals surface area contributed by atoms with Crippen molar-refractivity contribution in [1.29, 1.82) is 0 Å². The largest absolute Gasteiger partial charge is 0.381 e. The summed E-state index contributed by atoms with van der Waals surface area (Å²) in [7, 11) is 0. The van der Waals surface area contributed by atoms with Crippen molar-refractivity contribution in [3.8, 4) is 0 Å². The van der Waals surface area contributed by atoms with Crippen molar-refractivity contribution in [2.24, 2.45) is 5.41 Å².